The van der Waals surface area contributed by atoms with Crippen molar-refractivity contribution in [3.63, 3.8) is 0 Å². The molecule has 0 unspecified atom stereocenters. The van der Waals surface area contributed by atoms with Gasteiger partial charge in [0.05, 0.1) is 0 Å². The molecule has 2 aromatic heterocycles. The first-order valence-corrected chi connectivity index (χ1v) is 7.37. The van der Waals surface area contributed by atoms with Gasteiger partial charge in [0.15, 0.2) is 10.3 Å². The minimum Gasteiger partial charge on any atom is -0.231 e. The molecule has 2 aromatic rings. The molecule has 2 rings (SSSR count). The maximum absolute atomic E-state index is 4.14. The first-order chi connectivity index (χ1) is 8.95. The van der Waals surface area contributed by atoms with Crippen molar-refractivity contribution in [2.45, 2.75) is 10.3 Å². The highest BCUT2D eigenvalue weighted by molar-refractivity contribution is 7.99. The fraction of sp³-hybridized carbons (Fsp3) is 0.167. The third-order valence-electron chi connectivity index (χ3n) is 1.87. The maximum atomic E-state index is 4.14. The predicted octanol–water partition coefficient (Wildman–Crippen LogP) is 2.71. The summed E-state index contributed by atoms with van der Waals surface area (Å²) in [5.74, 6) is 1.75. The van der Waals surface area contributed by atoms with Gasteiger partial charge >= 0.3 is 0 Å². The van der Waals surface area contributed by atoms with E-state index in [0.717, 1.165) is 21.8 Å². The van der Waals surface area contributed by atoms with Gasteiger partial charge in [-0.25, -0.2) is 19.9 Å². The SMILES string of the molecule is C(=C\CSc1ncccn1)/CSc1ncccn1. The molecule has 0 aliphatic carbocycles. The Morgan fingerprint density at radius 3 is 1.50 bits per heavy atom. The van der Waals surface area contributed by atoms with Crippen molar-refractivity contribution in [1.29, 1.82) is 0 Å². The van der Waals surface area contributed by atoms with E-state index in [-0.39, 0.29) is 0 Å². The zero-order valence-corrected chi connectivity index (χ0v) is 11.3. The van der Waals surface area contributed by atoms with Gasteiger partial charge in [-0.2, -0.15) is 0 Å². The number of nitrogens with zero attached hydrogens (tertiary/aromatic N) is 4. The molecule has 92 valence electrons. The molecule has 4 nitrogen and oxygen atoms in total. The van der Waals surface area contributed by atoms with Gasteiger partial charge in [-0.15, -0.1) is 0 Å². The Morgan fingerprint density at radius 1 is 0.722 bits per heavy atom. The van der Waals surface area contributed by atoms with Crippen LogP contribution in [0.3, 0.4) is 0 Å². The van der Waals surface area contributed by atoms with Crippen molar-refractivity contribution in [1.82, 2.24) is 19.9 Å². The van der Waals surface area contributed by atoms with Crippen LogP contribution in [0.15, 0.2) is 59.4 Å². The second kappa shape index (κ2) is 7.84. The quantitative estimate of drug-likeness (QED) is 0.459. The van der Waals surface area contributed by atoms with E-state index < -0.39 is 0 Å². The van der Waals surface area contributed by atoms with Crippen LogP contribution in [0.2, 0.25) is 0 Å². The Labute approximate surface area is 114 Å². The highest BCUT2D eigenvalue weighted by atomic mass is 32.2. The van der Waals surface area contributed by atoms with E-state index in [1.807, 2.05) is 12.1 Å². The van der Waals surface area contributed by atoms with E-state index in [4.69, 9.17) is 0 Å². The summed E-state index contributed by atoms with van der Waals surface area (Å²) in [7, 11) is 0. The third-order valence-corrected chi connectivity index (χ3v) is 3.52. The van der Waals surface area contributed by atoms with E-state index >= 15 is 0 Å². The smallest absolute Gasteiger partial charge is 0.187 e. The monoisotopic (exact) mass is 276 g/mol. The van der Waals surface area contributed by atoms with Gasteiger partial charge < -0.3 is 0 Å². The zero-order chi connectivity index (χ0) is 12.5. The van der Waals surface area contributed by atoms with Gasteiger partial charge in [-0.05, 0) is 12.1 Å². The van der Waals surface area contributed by atoms with E-state index in [0.29, 0.717) is 0 Å². The van der Waals surface area contributed by atoms with Crippen molar-refractivity contribution < 1.29 is 0 Å². The van der Waals surface area contributed by atoms with Gasteiger partial charge in [-0.1, -0.05) is 35.7 Å². The standard InChI is InChI=1S/C12H12N4S2/c1(9-17-11-13-5-3-6-14-11)2-10-18-12-15-7-4-8-16-12/h1-8H,9-10H2/b2-1+. The molecule has 2 heterocycles. The Kier molecular flexibility index (Phi) is 5.68. The largest absolute Gasteiger partial charge is 0.231 e. The summed E-state index contributed by atoms with van der Waals surface area (Å²) in [6.07, 6.45) is 11.2. The number of rotatable bonds is 6. The molecule has 18 heavy (non-hydrogen) atoms. The van der Waals surface area contributed by atoms with Gasteiger partial charge in [0.1, 0.15) is 0 Å². The molecular formula is C12H12N4S2. The summed E-state index contributed by atoms with van der Waals surface area (Å²) in [6.45, 7) is 0. The lowest BCUT2D eigenvalue weighted by atomic mass is 10.6. The van der Waals surface area contributed by atoms with Crippen molar-refractivity contribution in [2.75, 3.05) is 11.5 Å². The Balaban J connectivity index is 1.64. The fourth-order valence-corrected chi connectivity index (χ4v) is 2.41. The first-order valence-electron chi connectivity index (χ1n) is 5.40. The molecular weight excluding hydrogens is 264 g/mol. The maximum Gasteiger partial charge on any atom is 0.187 e. The number of aromatic nitrogens is 4. The van der Waals surface area contributed by atoms with Crippen LogP contribution in [0.1, 0.15) is 0 Å². The van der Waals surface area contributed by atoms with Crippen molar-refractivity contribution in [3.05, 3.63) is 49.1 Å². The van der Waals surface area contributed by atoms with E-state index in [9.17, 15) is 0 Å². The highest BCUT2D eigenvalue weighted by Crippen LogP contribution is 2.13. The molecule has 0 N–H and O–H groups in total. The molecule has 0 amide bonds. The number of hydrogen-bond donors (Lipinski definition) is 0. The molecule has 0 saturated heterocycles. The minimum atomic E-state index is 0.807. The van der Waals surface area contributed by atoms with Gasteiger partial charge in [0.2, 0.25) is 0 Å². The van der Waals surface area contributed by atoms with Crippen molar-refractivity contribution in [2.24, 2.45) is 0 Å². The molecule has 0 aromatic carbocycles. The average molecular weight is 276 g/mol. The second-order valence-corrected chi connectivity index (χ2v) is 5.13. The van der Waals surface area contributed by atoms with E-state index in [1.165, 1.54) is 0 Å². The molecule has 0 atom stereocenters. The summed E-state index contributed by atoms with van der Waals surface area (Å²) in [4.78, 5) is 16.5. The summed E-state index contributed by atoms with van der Waals surface area (Å²) in [5.41, 5.74) is 0. The molecule has 0 aliphatic rings. The predicted molar refractivity (Wildman–Crippen MR) is 74.7 cm³/mol. The van der Waals surface area contributed by atoms with Gasteiger partial charge in [0.25, 0.3) is 0 Å². The van der Waals surface area contributed by atoms with Gasteiger partial charge in [-0.3, -0.25) is 0 Å². The Morgan fingerprint density at radius 2 is 1.11 bits per heavy atom. The zero-order valence-electron chi connectivity index (χ0n) is 9.64. The Hall–Kier alpha value is -1.40. The molecule has 0 bridgehead atoms. The van der Waals surface area contributed by atoms with E-state index in [1.54, 1.807) is 48.3 Å². The summed E-state index contributed by atoms with van der Waals surface area (Å²) >= 11 is 3.23. The van der Waals surface area contributed by atoms with Crippen molar-refractivity contribution >= 4 is 23.5 Å². The van der Waals surface area contributed by atoms with Crippen molar-refractivity contribution in [3.8, 4) is 0 Å². The highest BCUT2D eigenvalue weighted by Gasteiger charge is 1.93. The lowest BCUT2D eigenvalue weighted by Gasteiger charge is -1.95. The topological polar surface area (TPSA) is 51.6 Å². The summed E-state index contributed by atoms with van der Waals surface area (Å²) in [6, 6.07) is 3.63. The molecule has 0 saturated carbocycles. The average Bonchev–Trinajstić information content (AvgIpc) is 2.45. The number of thioether (sulfide) groups is 2. The summed E-state index contributed by atoms with van der Waals surface area (Å²) in [5, 5.41) is 1.61. The summed E-state index contributed by atoms with van der Waals surface area (Å²) < 4.78 is 0. The Bertz CT molecular complexity index is 430. The fourth-order valence-electron chi connectivity index (χ4n) is 1.10. The van der Waals surface area contributed by atoms with Crippen LogP contribution >= 0.6 is 23.5 Å². The van der Waals surface area contributed by atoms with Gasteiger partial charge in [0, 0.05) is 36.3 Å². The first kappa shape index (κ1) is 13.0. The van der Waals surface area contributed by atoms with Crippen LogP contribution in [0.25, 0.3) is 0 Å². The van der Waals surface area contributed by atoms with E-state index in [2.05, 4.69) is 32.1 Å². The molecule has 0 radical (unpaired) electrons. The third kappa shape index (κ3) is 4.85. The van der Waals surface area contributed by atoms with Crippen LogP contribution in [0, 0.1) is 0 Å². The second-order valence-electron chi connectivity index (χ2n) is 3.16. The molecule has 0 fully saturated rings. The van der Waals surface area contributed by atoms with Crippen LogP contribution in [-0.4, -0.2) is 31.4 Å². The number of hydrogen-bond acceptors (Lipinski definition) is 6. The van der Waals surface area contributed by atoms with Crippen LogP contribution in [0.4, 0.5) is 0 Å². The molecule has 0 spiro atoms. The van der Waals surface area contributed by atoms with Crippen LogP contribution < -0.4 is 0 Å². The minimum absolute atomic E-state index is 0.807. The molecule has 0 aliphatic heterocycles. The normalized spacial score (nSPS) is 10.9. The lowest BCUT2D eigenvalue weighted by molar-refractivity contribution is 0.968. The van der Waals surface area contributed by atoms with Crippen LogP contribution in [0.5, 0.6) is 0 Å². The molecule has 6 heteroatoms. The van der Waals surface area contributed by atoms with Crippen LogP contribution in [-0.2, 0) is 0 Å². The lowest BCUT2D eigenvalue weighted by Crippen LogP contribution is -1.85.